The summed E-state index contributed by atoms with van der Waals surface area (Å²) in [5.74, 6) is -1.13. The highest BCUT2D eigenvalue weighted by molar-refractivity contribution is 8.03. The number of nitrogens with zero attached hydrogens (tertiary/aromatic N) is 2. The number of amides is 1. The molecule has 0 aliphatic rings. The number of methoxy groups -OCH3 is 1. The number of ether oxygens (including phenoxy) is 1. The van der Waals surface area contributed by atoms with Crippen molar-refractivity contribution in [2.75, 3.05) is 19.4 Å². The van der Waals surface area contributed by atoms with Gasteiger partial charge in [0.05, 0.1) is 17.8 Å². The summed E-state index contributed by atoms with van der Waals surface area (Å²) in [6.07, 6.45) is 0.905. The zero-order chi connectivity index (χ0) is 19.6. The average molecular weight is 452 g/mol. The van der Waals surface area contributed by atoms with Gasteiger partial charge in [-0.05, 0) is 24.1 Å². The van der Waals surface area contributed by atoms with Crippen molar-refractivity contribution in [1.29, 1.82) is 0 Å². The lowest BCUT2D eigenvalue weighted by molar-refractivity contribution is -0.118. The number of nitrogens with one attached hydrogen (secondary N) is 1. The molecule has 0 saturated heterocycles. The van der Waals surface area contributed by atoms with Gasteiger partial charge < -0.3 is 10.1 Å². The van der Waals surface area contributed by atoms with Gasteiger partial charge in [-0.3, -0.25) is 4.79 Å². The molecule has 0 fully saturated rings. The molecule has 11 heteroatoms. The van der Waals surface area contributed by atoms with Gasteiger partial charge in [0.25, 0.3) is 5.76 Å². The van der Waals surface area contributed by atoms with E-state index in [4.69, 9.17) is 4.74 Å². The van der Waals surface area contributed by atoms with Gasteiger partial charge in [-0.15, -0.1) is 10.2 Å². The molecule has 1 heterocycles. The third kappa shape index (κ3) is 7.84. The summed E-state index contributed by atoms with van der Waals surface area (Å²) in [5.41, 5.74) is 0.943. The Bertz CT molecular complexity index is 746. The molecule has 1 aromatic heterocycles. The van der Waals surface area contributed by atoms with Gasteiger partial charge in [-0.1, -0.05) is 59.6 Å². The largest absolute Gasteiger partial charge is 0.496 e. The summed E-state index contributed by atoms with van der Waals surface area (Å²) in [5, 5.41) is 11.0. The van der Waals surface area contributed by atoms with Gasteiger partial charge in [0.15, 0.2) is 8.68 Å². The molecular weight excluding hydrogens is 432 g/mol. The van der Waals surface area contributed by atoms with Crippen molar-refractivity contribution in [1.82, 2.24) is 15.5 Å². The monoisotopic (exact) mass is 451 g/mol. The van der Waals surface area contributed by atoms with E-state index < -0.39 is 5.76 Å². The van der Waals surface area contributed by atoms with Crippen LogP contribution in [0.3, 0.4) is 0 Å². The number of benzene rings is 1. The van der Waals surface area contributed by atoms with Gasteiger partial charge in [-0.2, -0.15) is 8.78 Å². The Labute approximate surface area is 173 Å². The molecule has 1 N–H and O–H groups in total. The Kier molecular flexibility index (Phi) is 9.66. The fourth-order valence-corrected chi connectivity index (χ4v) is 5.29. The second kappa shape index (κ2) is 11.7. The number of aromatic nitrogens is 2. The molecule has 0 spiro atoms. The number of rotatable bonds is 11. The highest BCUT2D eigenvalue weighted by atomic mass is 32.2. The Morgan fingerprint density at radius 2 is 2.04 bits per heavy atom. The van der Waals surface area contributed by atoms with Crippen molar-refractivity contribution in [3.8, 4) is 5.75 Å². The number of carbonyl (C=O) groups is 1. The molecule has 5 nitrogen and oxygen atoms in total. The normalized spacial score (nSPS) is 11.0. The minimum atomic E-state index is -2.49. The molecule has 0 saturated carbocycles. The lowest BCUT2D eigenvalue weighted by Gasteiger charge is -2.09. The first-order valence-electron chi connectivity index (χ1n) is 7.99. The molecule has 0 aliphatic heterocycles. The molecule has 0 atom stereocenters. The summed E-state index contributed by atoms with van der Waals surface area (Å²) >= 11 is 4.76. The van der Waals surface area contributed by atoms with Crippen LogP contribution in [0.2, 0.25) is 0 Å². The van der Waals surface area contributed by atoms with Crippen molar-refractivity contribution in [2.45, 2.75) is 38.4 Å². The Hall–Kier alpha value is -1.04. The molecular formula is C16H19F2N3O2S4. The number of halogens is 2. The molecule has 1 amide bonds. The predicted octanol–water partition coefficient (Wildman–Crippen LogP) is 4.77. The van der Waals surface area contributed by atoms with Gasteiger partial charge in [0.2, 0.25) is 5.91 Å². The van der Waals surface area contributed by atoms with E-state index in [2.05, 4.69) is 15.5 Å². The summed E-state index contributed by atoms with van der Waals surface area (Å²) < 4.78 is 31.8. The third-order valence-electron chi connectivity index (χ3n) is 3.09. The van der Waals surface area contributed by atoms with Crippen molar-refractivity contribution >= 4 is 52.5 Å². The Morgan fingerprint density at radius 1 is 1.30 bits per heavy atom. The Morgan fingerprint density at radius 3 is 2.70 bits per heavy atom. The predicted molar refractivity (Wildman–Crippen MR) is 108 cm³/mol. The van der Waals surface area contributed by atoms with Crippen LogP contribution in [0.1, 0.15) is 18.9 Å². The maximum absolute atomic E-state index is 12.5. The molecule has 0 unspecified atom stereocenters. The van der Waals surface area contributed by atoms with E-state index in [-0.39, 0.29) is 5.91 Å². The highest BCUT2D eigenvalue weighted by Crippen LogP contribution is 2.36. The van der Waals surface area contributed by atoms with Crippen LogP contribution in [0.15, 0.2) is 31.8 Å². The van der Waals surface area contributed by atoms with Crippen LogP contribution in [-0.4, -0.2) is 41.3 Å². The second-order valence-electron chi connectivity index (χ2n) is 5.12. The number of alkyl halides is 2. The van der Waals surface area contributed by atoms with Crippen LogP contribution in [-0.2, 0) is 10.5 Å². The van der Waals surface area contributed by atoms with Gasteiger partial charge in [0.1, 0.15) is 5.75 Å². The first-order valence-corrected chi connectivity index (χ1v) is 11.7. The summed E-state index contributed by atoms with van der Waals surface area (Å²) in [4.78, 5) is 12.0. The van der Waals surface area contributed by atoms with E-state index in [0.717, 1.165) is 20.7 Å². The molecule has 0 aliphatic carbocycles. The Balaban J connectivity index is 1.86. The van der Waals surface area contributed by atoms with E-state index in [1.54, 1.807) is 18.2 Å². The maximum Gasteiger partial charge on any atom is 0.289 e. The minimum absolute atomic E-state index is 0.0138. The smallest absolute Gasteiger partial charge is 0.289 e. The second-order valence-corrected chi connectivity index (χ2v) is 9.58. The highest BCUT2D eigenvalue weighted by Gasteiger charge is 2.13. The third-order valence-corrected chi connectivity index (χ3v) is 7.12. The average Bonchev–Trinajstić information content (AvgIpc) is 3.11. The van der Waals surface area contributed by atoms with Crippen LogP contribution >= 0.6 is 46.6 Å². The summed E-state index contributed by atoms with van der Waals surface area (Å²) in [7, 11) is 1.46. The maximum atomic E-state index is 12.5. The van der Waals surface area contributed by atoms with Crippen molar-refractivity contribution in [2.24, 2.45) is 0 Å². The van der Waals surface area contributed by atoms with Gasteiger partial charge >= 0.3 is 0 Å². The van der Waals surface area contributed by atoms with E-state index >= 15 is 0 Å². The zero-order valence-electron chi connectivity index (χ0n) is 14.7. The van der Waals surface area contributed by atoms with Crippen molar-refractivity contribution < 1.29 is 18.3 Å². The van der Waals surface area contributed by atoms with E-state index in [0.29, 0.717) is 40.5 Å². The van der Waals surface area contributed by atoms with E-state index in [9.17, 15) is 13.6 Å². The zero-order valence-corrected chi connectivity index (χ0v) is 18.0. The molecule has 1 aromatic carbocycles. The standard InChI is InChI=1S/C16H19F2N3O2S4/c1-3-6-19-13(22)9-25-16-21-20-15(27-16)24-8-10-4-5-12(26-14(17)18)11(7-10)23-2/h4-5,7,14H,3,6,8-9H2,1-2H3,(H,19,22). The van der Waals surface area contributed by atoms with Crippen LogP contribution in [0.25, 0.3) is 0 Å². The molecule has 27 heavy (non-hydrogen) atoms. The quantitative estimate of drug-likeness (QED) is 0.494. The first kappa shape index (κ1) is 22.3. The van der Waals surface area contributed by atoms with Gasteiger partial charge in [-0.25, -0.2) is 0 Å². The fraction of sp³-hybridized carbons (Fsp3) is 0.438. The molecule has 2 aromatic rings. The van der Waals surface area contributed by atoms with Crippen LogP contribution in [0.4, 0.5) is 8.78 Å². The molecule has 0 bridgehead atoms. The number of hydrogen-bond donors (Lipinski definition) is 1. The minimum Gasteiger partial charge on any atom is -0.496 e. The van der Waals surface area contributed by atoms with Crippen LogP contribution in [0, 0.1) is 0 Å². The number of hydrogen-bond acceptors (Lipinski definition) is 8. The molecule has 2 rings (SSSR count). The first-order chi connectivity index (χ1) is 13.0. The van der Waals surface area contributed by atoms with E-state index in [1.165, 1.54) is 42.0 Å². The van der Waals surface area contributed by atoms with Crippen LogP contribution < -0.4 is 10.1 Å². The summed E-state index contributed by atoms with van der Waals surface area (Å²) in [6, 6.07) is 5.20. The van der Waals surface area contributed by atoms with Crippen molar-refractivity contribution in [3.63, 3.8) is 0 Å². The van der Waals surface area contributed by atoms with Gasteiger partial charge in [0, 0.05) is 12.3 Å². The fourth-order valence-electron chi connectivity index (χ4n) is 1.90. The number of thioether (sulfide) groups is 3. The van der Waals surface area contributed by atoms with Crippen molar-refractivity contribution in [3.05, 3.63) is 23.8 Å². The number of carbonyl (C=O) groups excluding carboxylic acids is 1. The van der Waals surface area contributed by atoms with E-state index in [1.807, 2.05) is 6.92 Å². The topological polar surface area (TPSA) is 64.1 Å². The molecule has 0 radical (unpaired) electrons. The lowest BCUT2D eigenvalue weighted by atomic mass is 10.2. The van der Waals surface area contributed by atoms with Crippen LogP contribution in [0.5, 0.6) is 5.75 Å². The molecule has 148 valence electrons. The summed E-state index contributed by atoms with van der Waals surface area (Å²) in [6.45, 7) is 2.68. The lowest BCUT2D eigenvalue weighted by Crippen LogP contribution is -2.25. The SMILES string of the molecule is CCCNC(=O)CSc1nnc(SCc2ccc(SC(F)F)c(OC)c2)s1.